The lowest BCUT2D eigenvalue weighted by molar-refractivity contribution is 0.920. The fourth-order valence-electron chi connectivity index (χ4n) is 1.55. The van der Waals surface area contributed by atoms with Crippen LogP contribution in [0.25, 0.3) is 0 Å². The van der Waals surface area contributed by atoms with Gasteiger partial charge in [-0.15, -0.1) is 11.8 Å². The Kier molecular flexibility index (Phi) is 5.62. The van der Waals surface area contributed by atoms with Gasteiger partial charge in [-0.1, -0.05) is 35.1 Å². The van der Waals surface area contributed by atoms with Crippen LogP contribution < -0.4 is 0 Å². The molecule has 0 radical (unpaired) electrons. The van der Waals surface area contributed by atoms with E-state index in [9.17, 15) is 0 Å². The van der Waals surface area contributed by atoms with Gasteiger partial charge in [0.1, 0.15) is 10.5 Å². The normalized spacial score (nSPS) is 10.7. The van der Waals surface area contributed by atoms with Crippen LogP contribution in [0.1, 0.15) is 18.4 Å². The molecule has 0 saturated carbocycles. The quantitative estimate of drug-likeness (QED) is 0.522. The van der Waals surface area contributed by atoms with Gasteiger partial charge in [0.25, 0.3) is 0 Å². The molecule has 0 aliphatic carbocycles. The predicted octanol–water partition coefficient (Wildman–Crippen LogP) is 5.52. The maximum Gasteiger partial charge on any atom is 0.144 e. The van der Waals surface area contributed by atoms with Gasteiger partial charge in [0, 0.05) is 15.1 Å². The number of rotatable bonds is 4. The zero-order chi connectivity index (χ0) is 13.8. The maximum absolute atomic E-state index is 5.25. The molecule has 0 bridgehead atoms. The van der Waals surface area contributed by atoms with Gasteiger partial charge in [0.2, 0.25) is 0 Å². The Morgan fingerprint density at radius 3 is 2.58 bits per heavy atom. The highest BCUT2D eigenvalue weighted by Crippen LogP contribution is 2.24. The van der Waals surface area contributed by atoms with Crippen LogP contribution in [0.4, 0.5) is 0 Å². The van der Waals surface area contributed by atoms with Crippen LogP contribution in [0.5, 0.6) is 0 Å². The van der Waals surface area contributed by atoms with E-state index in [-0.39, 0.29) is 0 Å². The first-order chi connectivity index (χ1) is 9.10. The van der Waals surface area contributed by atoms with Crippen molar-refractivity contribution in [1.29, 1.82) is 0 Å². The van der Waals surface area contributed by atoms with Crippen LogP contribution in [0.15, 0.2) is 38.1 Å². The van der Waals surface area contributed by atoms with E-state index in [0.717, 1.165) is 32.6 Å². The van der Waals surface area contributed by atoms with Crippen LogP contribution in [0.3, 0.4) is 0 Å². The van der Waals surface area contributed by atoms with Gasteiger partial charge in [-0.3, -0.25) is 0 Å². The molecule has 0 fully saturated rings. The molecular weight excluding hydrogens is 408 g/mol. The summed E-state index contributed by atoms with van der Waals surface area (Å²) in [6.07, 6.45) is 0.905. The van der Waals surface area contributed by atoms with E-state index in [1.54, 1.807) is 11.8 Å². The summed E-state index contributed by atoms with van der Waals surface area (Å²) in [5.74, 6) is 1.70. The Balaban J connectivity index is 2.13. The Labute approximate surface area is 138 Å². The third-order valence-electron chi connectivity index (χ3n) is 2.53. The van der Waals surface area contributed by atoms with Crippen molar-refractivity contribution < 1.29 is 0 Å². The lowest BCUT2D eigenvalue weighted by atomic mass is 10.3. The molecule has 0 aliphatic heterocycles. The molecule has 19 heavy (non-hydrogen) atoms. The summed E-state index contributed by atoms with van der Waals surface area (Å²) in [5, 5.41) is 0. The summed E-state index contributed by atoms with van der Waals surface area (Å²) in [6.45, 7) is 2.09. The van der Waals surface area contributed by atoms with E-state index in [2.05, 4.69) is 60.9 Å². The molecular formula is C13H12Br2N2S2. The third-order valence-corrected chi connectivity index (χ3v) is 5.49. The van der Waals surface area contributed by atoms with E-state index < -0.39 is 0 Å². The van der Waals surface area contributed by atoms with E-state index in [1.807, 2.05) is 12.1 Å². The highest BCUT2D eigenvalue weighted by Gasteiger charge is 2.05. The highest BCUT2D eigenvalue weighted by molar-refractivity contribution is 9.10. The Morgan fingerprint density at radius 1 is 1.26 bits per heavy atom. The van der Waals surface area contributed by atoms with Crippen molar-refractivity contribution in [3.8, 4) is 0 Å². The third kappa shape index (κ3) is 4.15. The summed E-state index contributed by atoms with van der Waals surface area (Å²) < 4.78 is 2.62. The monoisotopic (exact) mass is 418 g/mol. The first kappa shape index (κ1) is 15.2. The minimum Gasteiger partial charge on any atom is -0.345 e. The van der Waals surface area contributed by atoms with Crippen LogP contribution in [0, 0.1) is 4.64 Å². The van der Waals surface area contributed by atoms with E-state index in [4.69, 9.17) is 12.2 Å². The second-order valence-electron chi connectivity index (χ2n) is 3.88. The minimum atomic E-state index is 0.627. The largest absolute Gasteiger partial charge is 0.345 e. The number of thioether (sulfide) groups is 1. The number of benzene rings is 1. The Hall–Kier alpha value is -0.170. The van der Waals surface area contributed by atoms with Gasteiger partial charge >= 0.3 is 0 Å². The molecule has 2 aromatic rings. The molecule has 0 spiro atoms. The van der Waals surface area contributed by atoms with Gasteiger partial charge in [0.15, 0.2) is 0 Å². The second-order valence-corrected chi connectivity index (χ2v) is 7.02. The van der Waals surface area contributed by atoms with Gasteiger partial charge in [0.05, 0.1) is 10.2 Å². The fraction of sp³-hybridized carbons (Fsp3) is 0.231. The van der Waals surface area contributed by atoms with Crippen molar-refractivity contribution in [3.05, 3.63) is 49.4 Å². The standard InChI is InChI=1S/C13H12Br2N2S2/c1-2-10-12(15)13(18)17-11(16-10)7-19-9-5-3-8(14)4-6-9/h3-6H,2,7H2,1H3,(H,16,17,18). The van der Waals surface area contributed by atoms with E-state index in [0.29, 0.717) is 4.64 Å². The highest BCUT2D eigenvalue weighted by atomic mass is 79.9. The first-order valence-electron chi connectivity index (χ1n) is 5.76. The summed E-state index contributed by atoms with van der Waals surface area (Å²) in [4.78, 5) is 8.94. The van der Waals surface area contributed by atoms with Gasteiger partial charge in [-0.2, -0.15) is 0 Å². The van der Waals surface area contributed by atoms with Crippen molar-refractivity contribution >= 4 is 55.8 Å². The number of hydrogen-bond acceptors (Lipinski definition) is 3. The summed E-state index contributed by atoms with van der Waals surface area (Å²) in [5.41, 5.74) is 1.10. The van der Waals surface area contributed by atoms with Crippen molar-refractivity contribution in [3.63, 3.8) is 0 Å². The molecule has 0 saturated heterocycles. The average Bonchev–Trinajstić information content (AvgIpc) is 2.41. The summed E-state index contributed by atoms with van der Waals surface area (Å²) in [7, 11) is 0. The average molecular weight is 420 g/mol. The maximum atomic E-state index is 5.25. The van der Waals surface area contributed by atoms with Gasteiger partial charge in [-0.25, -0.2) is 4.98 Å². The summed E-state index contributed by atoms with van der Waals surface area (Å²) in [6, 6.07) is 8.25. The smallest absolute Gasteiger partial charge is 0.144 e. The molecule has 1 aromatic carbocycles. The van der Waals surface area contributed by atoms with Gasteiger partial charge < -0.3 is 4.98 Å². The fourth-order valence-corrected chi connectivity index (χ4v) is 3.29. The lowest BCUT2D eigenvalue weighted by Crippen LogP contribution is -1.99. The zero-order valence-corrected chi connectivity index (χ0v) is 15.0. The van der Waals surface area contributed by atoms with Crippen molar-refractivity contribution in [2.75, 3.05) is 0 Å². The number of halogens is 2. The lowest BCUT2D eigenvalue weighted by Gasteiger charge is -2.07. The van der Waals surface area contributed by atoms with Gasteiger partial charge in [-0.05, 0) is 46.6 Å². The Bertz CT molecular complexity index is 624. The molecule has 0 unspecified atom stereocenters. The van der Waals surface area contributed by atoms with E-state index in [1.165, 1.54) is 4.90 Å². The molecule has 1 aromatic heterocycles. The molecule has 1 heterocycles. The number of nitrogens with zero attached hydrogens (tertiary/aromatic N) is 1. The molecule has 0 amide bonds. The SMILES string of the molecule is CCc1[nH]c(CSc2ccc(Br)cc2)nc(=S)c1Br. The van der Waals surface area contributed by atoms with Crippen molar-refractivity contribution in [1.82, 2.24) is 9.97 Å². The molecule has 2 nitrogen and oxygen atoms in total. The number of hydrogen-bond donors (Lipinski definition) is 1. The number of nitrogens with one attached hydrogen (secondary N) is 1. The minimum absolute atomic E-state index is 0.627. The number of H-pyrrole nitrogens is 1. The van der Waals surface area contributed by atoms with Crippen LogP contribution in [-0.4, -0.2) is 9.97 Å². The van der Waals surface area contributed by atoms with Crippen molar-refractivity contribution in [2.45, 2.75) is 24.0 Å². The Morgan fingerprint density at radius 2 is 1.95 bits per heavy atom. The second kappa shape index (κ2) is 7.02. The van der Waals surface area contributed by atoms with Crippen molar-refractivity contribution in [2.24, 2.45) is 0 Å². The van der Waals surface area contributed by atoms with Crippen LogP contribution in [-0.2, 0) is 12.2 Å². The van der Waals surface area contributed by atoms with Crippen LogP contribution >= 0.6 is 55.8 Å². The molecule has 0 aliphatic rings. The van der Waals surface area contributed by atoms with Crippen LogP contribution in [0.2, 0.25) is 0 Å². The summed E-state index contributed by atoms with van der Waals surface area (Å²) >= 11 is 13.9. The predicted molar refractivity (Wildman–Crippen MR) is 90.2 cm³/mol. The molecule has 2 rings (SSSR count). The van der Waals surface area contributed by atoms with E-state index >= 15 is 0 Å². The first-order valence-corrected chi connectivity index (χ1v) is 8.74. The number of aryl methyl sites for hydroxylation is 1. The number of aromatic amines is 1. The zero-order valence-electron chi connectivity index (χ0n) is 10.2. The molecule has 0 atom stereocenters. The molecule has 1 N–H and O–H groups in total. The number of aromatic nitrogens is 2. The molecule has 100 valence electrons. The molecule has 6 heteroatoms. The topological polar surface area (TPSA) is 28.7 Å².